The van der Waals surface area contributed by atoms with E-state index in [1.54, 1.807) is 13.8 Å². The normalized spacial score (nSPS) is 18.1. The molecule has 0 aromatic heterocycles. The summed E-state index contributed by atoms with van der Waals surface area (Å²) in [6.45, 7) is 7.62. The van der Waals surface area contributed by atoms with E-state index in [0.717, 1.165) is 6.42 Å². The number of rotatable bonds is 17. The molecule has 1 aliphatic rings. The number of aliphatic carboxylic acids is 2. The lowest BCUT2D eigenvalue weighted by molar-refractivity contribution is -0.144. The summed E-state index contributed by atoms with van der Waals surface area (Å²) in [5.41, 5.74) is 11.6. The van der Waals surface area contributed by atoms with Crippen molar-refractivity contribution in [3.63, 3.8) is 0 Å². The second-order valence-corrected chi connectivity index (χ2v) is 11.0. The van der Waals surface area contributed by atoms with Crippen LogP contribution in [0.1, 0.15) is 72.6 Å². The summed E-state index contributed by atoms with van der Waals surface area (Å²) in [5.74, 6) is -5.93. The van der Waals surface area contributed by atoms with Gasteiger partial charge in [-0.3, -0.25) is 24.0 Å². The molecule has 4 amide bonds. The fourth-order valence-corrected chi connectivity index (χ4v) is 4.54. The molecule has 1 heterocycles. The molecule has 0 bridgehead atoms. The molecule has 0 aromatic carbocycles. The van der Waals surface area contributed by atoms with Crippen molar-refractivity contribution in [1.29, 1.82) is 0 Å². The number of hydrogen-bond donors (Lipinski definition) is 7. The van der Waals surface area contributed by atoms with E-state index in [1.165, 1.54) is 4.90 Å². The lowest BCUT2D eigenvalue weighted by atomic mass is 10.0. The molecule has 0 radical (unpaired) electrons. The first kappa shape index (κ1) is 34.8. The molecule has 40 heavy (non-hydrogen) atoms. The third-order valence-corrected chi connectivity index (χ3v) is 6.71. The number of unbranched alkanes of at least 4 members (excludes halogenated alkanes) is 1. The monoisotopic (exact) mass is 570 g/mol. The largest absolute Gasteiger partial charge is 0.481 e. The summed E-state index contributed by atoms with van der Waals surface area (Å²) in [6, 6.07) is -5.60. The van der Waals surface area contributed by atoms with Crippen LogP contribution in [0, 0.1) is 11.8 Å². The zero-order chi connectivity index (χ0) is 30.6. The van der Waals surface area contributed by atoms with Gasteiger partial charge in [-0.05, 0) is 50.5 Å². The molecular formula is C26H46N6O8. The zero-order valence-electron chi connectivity index (χ0n) is 23.9. The van der Waals surface area contributed by atoms with Crippen LogP contribution in [-0.4, -0.2) is 94.0 Å². The Kier molecular flexibility index (Phi) is 14.6. The first-order valence-corrected chi connectivity index (χ1v) is 13.8. The van der Waals surface area contributed by atoms with E-state index in [9.17, 15) is 39.0 Å². The van der Waals surface area contributed by atoms with Crippen molar-refractivity contribution in [1.82, 2.24) is 20.9 Å². The Hall–Kier alpha value is -3.26. The summed E-state index contributed by atoms with van der Waals surface area (Å²) in [4.78, 5) is 76.5. The Bertz CT molecular complexity index is 912. The number of amides is 4. The molecule has 14 heteroatoms. The van der Waals surface area contributed by atoms with Gasteiger partial charge in [0.15, 0.2) is 0 Å². The second-order valence-electron chi connectivity index (χ2n) is 11.0. The number of carbonyl (C=O) groups excluding carboxylic acids is 4. The molecule has 9 N–H and O–H groups in total. The van der Waals surface area contributed by atoms with Gasteiger partial charge in [-0.1, -0.05) is 34.1 Å². The summed E-state index contributed by atoms with van der Waals surface area (Å²) in [6.07, 6.45) is 2.19. The minimum atomic E-state index is -1.58. The maximum absolute atomic E-state index is 13.3. The minimum absolute atomic E-state index is 0.0718. The molecular weight excluding hydrogens is 524 g/mol. The fourth-order valence-electron chi connectivity index (χ4n) is 4.54. The van der Waals surface area contributed by atoms with Gasteiger partial charge in [0.05, 0.1) is 12.5 Å². The number of hydrogen-bond acceptors (Lipinski definition) is 8. The first-order chi connectivity index (χ1) is 18.7. The highest BCUT2D eigenvalue weighted by atomic mass is 16.4. The van der Waals surface area contributed by atoms with Crippen LogP contribution in [0.3, 0.4) is 0 Å². The lowest BCUT2D eigenvalue weighted by Gasteiger charge is -2.29. The summed E-state index contributed by atoms with van der Waals surface area (Å²) < 4.78 is 0. The van der Waals surface area contributed by atoms with Crippen molar-refractivity contribution >= 4 is 35.6 Å². The van der Waals surface area contributed by atoms with Gasteiger partial charge < -0.3 is 42.5 Å². The molecule has 0 saturated carbocycles. The Labute approximate surface area is 235 Å². The van der Waals surface area contributed by atoms with Gasteiger partial charge in [-0.15, -0.1) is 0 Å². The maximum Gasteiger partial charge on any atom is 0.326 e. The van der Waals surface area contributed by atoms with Crippen LogP contribution < -0.4 is 27.4 Å². The Balaban J connectivity index is 3.03. The zero-order valence-corrected chi connectivity index (χ0v) is 23.9. The smallest absolute Gasteiger partial charge is 0.326 e. The molecule has 1 fully saturated rings. The maximum atomic E-state index is 13.3. The van der Waals surface area contributed by atoms with Crippen molar-refractivity contribution in [2.45, 2.75) is 103 Å². The van der Waals surface area contributed by atoms with Crippen molar-refractivity contribution < 1.29 is 39.0 Å². The highest BCUT2D eigenvalue weighted by Crippen LogP contribution is 2.20. The number of nitrogens with one attached hydrogen (secondary N) is 3. The molecule has 14 nitrogen and oxygen atoms in total. The Morgan fingerprint density at radius 1 is 0.925 bits per heavy atom. The molecule has 0 aliphatic carbocycles. The van der Waals surface area contributed by atoms with Crippen LogP contribution in [0.5, 0.6) is 0 Å². The van der Waals surface area contributed by atoms with Gasteiger partial charge >= 0.3 is 11.9 Å². The molecule has 1 aliphatic heterocycles. The van der Waals surface area contributed by atoms with E-state index in [-0.39, 0.29) is 18.2 Å². The molecule has 1 rings (SSSR count). The van der Waals surface area contributed by atoms with Crippen LogP contribution in [0.15, 0.2) is 0 Å². The van der Waals surface area contributed by atoms with E-state index in [4.69, 9.17) is 11.5 Å². The average Bonchev–Trinajstić information content (AvgIpc) is 3.35. The van der Waals surface area contributed by atoms with Crippen LogP contribution in [-0.2, 0) is 28.8 Å². The lowest BCUT2D eigenvalue weighted by Crippen LogP contribution is -2.59. The number of nitrogens with zero attached hydrogens (tertiary/aromatic N) is 1. The number of likely N-dealkylation sites (tertiary alicyclic amines) is 1. The van der Waals surface area contributed by atoms with Crippen molar-refractivity contribution in [3.8, 4) is 0 Å². The second kappa shape index (κ2) is 16.8. The van der Waals surface area contributed by atoms with E-state index in [0.29, 0.717) is 38.8 Å². The van der Waals surface area contributed by atoms with E-state index in [2.05, 4.69) is 16.0 Å². The van der Waals surface area contributed by atoms with Crippen molar-refractivity contribution in [3.05, 3.63) is 0 Å². The average molecular weight is 571 g/mol. The molecule has 5 atom stereocenters. The molecule has 0 aromatic rings. The molecule has 0 unspecified atom stereocenters. The topological polar surface area (TPSA) is 234 Å². The summed E-state index contributed by atoms with van der Waals surface area (Å²) in [7, 11) is 0. The first-order valence-electron chi connectivity index (χ1n) is 13.8. The SMILES string of the molecule is CC(C)C[C@H](NC(=O)[C@@H]1CCCN1C(=O)[C@@H](N)CCCCN)C(=O)N[C@@H](CC(=O)O)C(=O)N[C@H](C(=O)O)C(C)C. The van der Waals surface area contributed by atoms with Crippen LogP contribution >= 0.6 is 0 Å². The highest BCUT2D eigenvalue weighted by molar-refractivity contribution is 5.96. The molecule has 0 spiro atoms. The number of carbonyl (C=O) groups is 6. The summed E-state index contributed by atoms with van der Waals surface area (Å²) >= 11 is 0. The van der Waals surface area contributed by atoms with Crippen LogP contribution in [0.2, 0.25) is 0 Å². The van der Waals surface area contributed by atoms with Crippen LogP contribution in [0.25, 0.3) is 0 Å². The summed E-state index contributed by atoms with van der Waals surface area (Å²) in [5, 5.41) is 26.0. The quantitative estimate of drug-likeness (QED) is 0.107. The predicted octanol–water partition coefficient (Wildman–Crippen LogP) is -0.850. The Morgan fingerprint density at radius 2 is 1.55 bits per heavy atom. The minimum Gasteiger partial charge on any atom is -0.481 e. The van der Waals surface area contributed by atoms with Gasteiger partial charge in [-0.2, -0.15) is 0 Å². The van der Waals surface area contributed by atoms with E-state index in [1.807, 2.05) is 13.8 Å². The van der Waals surface area contributed by atoms with Crippen molar-refractivity contribution in [2.24, 2.45) is 23.3 Å². The standard InChI is InChI=1S/C26H46N6O8/c1-14(2)12-17(22(35)29-18(13-20(33)34)23(36)31-21(15(3)4)26(39)40)30-24(37)19-9-7-11-32(19)25(38)16(28)8-5-6-10-27/h14-19,21H,5-13,27-28H2,1-4H3,(H,29,35)(H,30,37)(H,31,36)(H,33,34)(H,39,40)/t16-,17-,18-,19-,21-/m0/s1. The predicted molar refractivity (Wildman–Crippen MR) is 146 cm³/mol. The number of carboxylic acid groups (broad SMARTS) is 2. The molecule has 1 saturated heterocycles. The highest BCUT2D eigenvalue weighted by Gasteiger charge is 2.38. The van der Waals surface area contributed by atoms with Crippen molar-refractivity contribution in [2.75, 3.05) is 13.1 Å². The van der Waals surface area contributed by atoms with E-state index >= 15 is 0 Å². The third-order valence-electron chi connectivity index (χ3n) is 6.71. The third kappa shape index (κ3) is 11.1. The van der Waals surface area contributed by atoms with Crippen LogP contribution in [0.4, 0.5) is 0 Å². The Morgan fingerprint density at radius 3 is 2.08 bits per heavy atom. The van der Waals surface area contributed by atoms with Gasteiger partial charge in [-0.25, -0.2) is 4.79 Å². The number of nitrogens with two attached hydrogens (primary N) is 2. The van der Waals surface area contributed by atoms with Gasteiger partial charge in [0, 0.05) is 6.54 Å². The van der Waals surface area contributed by atoms with Gasteiger partial charge in [0.2, 0.25) is 23.6 Å². The molecule has 228 valence electrons. The van der Waals surface area contributed by atoms with Gasteiger partial charge in [0.25, 0.3) is 0 Å². The van der Waals surface area contributed by atoms with Gasteiger partial charge in [0.1, 0.15) is 24.2 Å². The fraction of sp³-hybridized carbons (Fsp3) is 0.769. The number of carboxylic acids is 2. The van der Waals surface area contributed by atoms with E-state index < -0.39 is 72.2 Å².